The van der Waals surface area contributed by atoms with Crippen molar-refractivity contribution in [1.29, 1.82) is 0 Å². The average Bonchev–Trinajstić information content (AvgIpc) is 3.00. The predicted octanol–water partition coefficient (Wildman–Crippen LogP) is 9.96. The topological polar surface area (TPSA) is 0 Å². The minimum Gasteiger partial charge on any atom is -0.207 e. The Balaban J connectivity index is 1.63. The molecule has 0 aromatic heterocycles. The van der Waals surface area contributed by atoms with Gasteiger partial charge in [-0.15, -0.1) is 0 Å². The number of hydrogen-bond donors (Lipinski definition) is 0. The average molecular weight is 545 g/mol. The van der Waals surface area contributed by atoms with Crippen LogP contribution in [0.1, 0.15) is 22.3 Å². The second-order valence-electron chi connectivity index (χ2n) is 9.82. The van der Waals surface area contributed by atoms with Gasteiger partial charge in [0.25, 0.3) is 0 Å². The van der Waals surface area contributed by atoms with Crippen LogP contribution in [-0.4, -0.2) is 0 Å². The van der Waals surface area contributed by atoms with Gasteiger partial charge in [-0.2, -0.15) is 0 Å². The third-order valence-corrected chi connectivity index (χ3v) is 7.56. The monoisotopic (exact) mass is 544 g/mol. The highest BCUT2D eigenvalue weighted by molar-refractivity contribution is 5.69. The van der Waals surface area contributed by atoms with Crippen LogP contribution in [0, 0.1) is 23.3 Å². The molecule has 0 amide bonds. The van der Waals surface area contributed by atoms with Crippen molar-refractivity contribution in [3.05, 3.63) is 191 Å². The first-order chi connectivity index (χ1) is 20.0. The number of hydrogen-bond acceptors (Lipinski definition) is 0. The molecule has 0 fully saturated rings. The van der Waals surface area contributed by atoms with Gasteiger partial charge in [0.2, 0.25) is 0 Å². The highest BCUT2D eigenvalue weighted by atomic mass is 19.1. The van der Waals surface area contributed by atoms with Gasteiger partial charge in [-0.3, -0.25) is 0 Å². The van der Waals surface area contributed by atoms with E-state index in [-0.39, 0.29) is 22.8 Å². The largest absolute Gasteiger partial charge is 0.207 e. The van der Waals surface area contributed by atoms with E-state index in [1.54, 1.807) is 121 Å². The van der Waals surface area contributed by atoms with Crippen molar-refractivity contribution in [3.8, 4) is 22.3 Å². The normalized spacial score (nSPS) is 11.4. The van der Waals surface area contributed by atoms with Crippen molar-refractivity contribution in [2.45, 2.75) is 5.41 Å². The molecule has 6 rings (SSSR count). The summed E-state index contributed by atoms with van der Waals surface area (Å²) >= 11 is 0. The van der Waals surface area contributed by atoms with E-state index < -0.39 is 17.0 Å². The first-order valence-corrected chi connectivity index (χ1v) is 13.2. The molecule has 200 valence electrons. The first-order valence-electron chi connectivity index (χ1n) is 13.2. The second-order valence-corrected chi connectivity index (χ2v) is 9.82. The summed E-state index contributed by atoms with van der Waals surface area (Å²) in [4.78, 5) is 0. The zero-order valence-electron chi connectivity index (χ0n) is 21.9. The molecule has 0 saturated heterocycles. The molecule has 6 aromatic carbocycles. The van der Waals surface area contributed by atoms with E-state index in [4.69, 9.17) is 0 Å². The summed E-state index contributed by atoms with van der Waals surface area (Å²) in [6.45, 7) is 0. The van der Waals surface area contributed by atoms with E-state index in [9.17, 15) is 8.78 Å². The number of rotatable bonds is 6. The van der Waals surface area contributed by atoms with Gasteiger partial charge in [-0.25, -0.2) is 17.6 Å². The second kappa shape index (κ2) is 10.9. The van der Waals surface area contributed by atoms with Crippen molar-refractivity contribution in [1.82, 2.24) is 0 Å². The molecule has 0 aliphatic carbocycles. The molecule has 0 aliphatic rings. The summed E-state index contributed by atoms with van der Waals surface area (Å²) in [5, 5.41) is 0. The van der Waals surface area contributed by atoms with E-state index in [0.29, 0.717) is 33.4 Å². The Kier molecular flexibility index (Phi) is 6.98. The molecule has 4 heteroatoms. The van der Waals surface area contributed by atoms with Gasteiger partial charge in [0, 0.05) is 22.3 Å². The highest BCUT2D eigenvalue weighted by Crippen LogP contribution is 2.47. The maximum Gasteiger partial charge on any atom is 0.131 e. The van der Waals surface area contributed by atoms with E-state index in [2.05, 4.69) is 0 Å². The Bertz CT molecular complexity index is 1690. The SMILES string of the molecule is Fc1ccccc1-c1ccc(C(c2ccc(-c3ccccc3F)cc2)(c2ccccc2F)c2ccccc2F)cc1. The lowest BCUT2D eigenvalue weighted by molar-refractivity contribution is 0.550. The summed E-state index contributed by atoms with van der Waals surface area (Å²) in [6, 6.07) is 39.7. The lowest BCUT2D eigenvalue weighted by atomic mass is 9.64. The molecule has 41 heavy (non-hydrogen) atoms. The molecule has 0 bridgehead atoms. The van der Waals surface area contributed by atoms with E-state index in [1.807, 2.05) is 0 Å². The molecule has 0 heterocycles. The summed E-state index contributed by atoms with van der Waals surface area (Å²) in [7, 11) is 0. The van der Waals surface area contributed by atoms with Crippen LogP contribution in [0.15, 0.2) is 146 Å². The fourth-order valence-corrected chi connectivity index (χ4v) is 5.65. The van der Waals surface area contributed by atoms with E-state index >= 15 is 8.78 Å². The van der Waals surface area contributed by atoms with Gasteiger partial charge >= 0.3 is 0 Å². The van der Waals surface area contributed by atoms with Gasteiger partial charge in [0.15, 0.2) is 0 Å². The lowest BCUT2D eigenvalue weighted by Gasteiger charge is -2.37. The minimum absolute atomic E-state index is 0.252. The first kappa shape index (κ1) is 26.3. The van der Waals surface area contributed by atoms with Gasteiger partial charge < -0.3 is 0 Å². The Morgan fingerprint density at radius 3 is 0.976 bits per heavy atom. The zero-order valence-corrected chi connectivity index (χ0v) is 21.9. The van der Waals surface area contributed by atoms with Crippen LogP contribution in [0.2, 0.25) is 0 Å². The Hall–Kier alpha value is -4.96. The van der Waals surface area contributed by atoms with Crippen LogP contribution >= 0.6 is 0 Å². The summed E-state index contributed by atoms with van der Waals surface area (Å²) < 4.78 is 60.9. The van der Waals surface area contributed by atoms with Crippen molar-refractivity contribution in [2.24, 2.45) is 0 Å². The van der Waals surface area contributed by atoms with Crippen molar-refractivity contribution < 1.29 is 17.6 Å². The van der Waals surface area contributed by atoms with Crippen molar-refractivity contribution in [2.75, 3.05) is 0 Å². The Morgan fingerprint density at radius 1 is 0.317 bits per heavy atom. The van der Waals surface area contributed by atoms with Gasteiger partial charge in [-0.05, 0) is 46.5 Å². The number of benzene rings is 6. The van der Waals surface area contributed by atoms with Crippen molar-refractivity contribution in [3.63, 3.8) is 0 Å². The van der Waals surface area contributed by atoms with Gasteiger partial charge in [0.05, 0.1) is 5.41 Å². The lowest BCUT2D eigenvalue weighted by Crippen LogP contribution is -2.33. The molecule has 0 aliphatic heterocycles. The minimum atomic E-state index is -1.42. The molecule has 0 spiro atoms. The van der Waals surface area contributed by atoms with Crippen molar-refractivity contribution >= 4 is 0 Å². The maximum absolute atomic E-state index is 15.8. The van der Waals surface area contributed by atoms with Crippen LogP contribution in [0.5, 0.6) is 0 Å². The van der Waals surface area contributed by atoms with Gasteiger partial charge in [-0.1, -0.05) is 121 Å². The quantitative estimate of drug-likeness (QED) is 0.145. The molecule has 0 nitrogen and oxygen atoms in total. The third-order valence-electron chi connectivity index (χ3n) is 7.56. The van der Waals surface area contributed by atoms with Crippen LogP contribution in [-0.2, 0) is 5.41 Å². The predicted molar refractivity (Wildman–Crippen MR) is 155 cm³/mol. The van der Waals surface area contributed by atoms with Gasteiger partial charge in [0.1, 0.15) is 23.3 Å². The molecule has 6 aromatic rings. The van der Waals surface area contributed by atoms with Crippen LogP contribution in [0.3, 0.4) is 0 Å². The maximum atomic E-state index is 15.8. The molecule has 0 unspecified atom stereocenters. The molecular formula is C37H24F4. The van der Waals surface area contributed by atoms with E-state index in [0.717, 1.165) is 0 Å². The highest BCUT2D eigenvalue weighted by Gasteiger charge is 2.42. The third kappa shape index (κ3) is 4.62. The summed E-state index contributed by atoms with van der Waals surface area (Å²) in [5.74, 6) is -1.74. The van der Waals surface area contributed by atoms with E-state index in [1.165, 1.54) is 24.3 Å². The standard InChI is InChI=1S/C37H24F4/c38-33-13-5-1-9-29(33)25-17-21-27(22-18-25)37(31-11-3-7-15-35(31)40,32-12-4-8-16-36(32)41)28-23-19-26(20-24-28)30-10-2-6-14-34(30)39/h1-24H. The summed E-state index contributed by atoms with van der Waals surface area (Å²) in [5.41, 5.74) is 2.39. The molecule has 0 saturated carbocycles. The number of halogens is 4. The van der Waals surface area contributed by atoms with Crippen LogP contribution < -0.4 is 0 Å². The molecular weight excluding hydrogens is 520 g/mol. The van der Waals surface area contributed by atoms with Crippen LogP contribution in [0.25, 0.3) is 22.3 Å². The smallest absolute Gasteiger partial charge is 0.131 e. The van der Waals surface area contributed by atoms with Crippen LogP contribution in [0.4, 0.5) is 17.6 Å². The fourth-order valence-electron chi connectivity index (χ4n) is 5.65. The molecule has 0 N–H and O–H groups in total. The Morgan fingerprint density at radius 2 is 0.634 bits per heavy atom. The summed E-state index contributed by atoms with van der Waals surface area (Å²) in [6.07, 6.45) is 0. The fraction of sp³-hybridized carbons (Fsp3) is 0.0270. The molecule has 0 radical (unpaired) electrons. The zero-order chi connectivity index (χ0) is 28.4. The molecule has 0 atom stereocenters. The Labute approximate surface area is 236 Å².